The van der Waals surface area contributed by atoms with Crippen LogP contribution in [0.5, 0.6) is 0 Å². The number of halogens is 2. The summed E-state index contributed by atoms with van der Waals surface area (Å²) in [5.41, 5.74) is 1.99. The molecule has 2 aromatic rings. The Morgan fingerprint density at radius 2 is 1.71 bits per heavy atom. The van der Waals surface area contributed by atoms with E-state index in [9.17, 15) is 4.79 Å². The Bertz CT molecular complexity index is 708. The molecule has 5 nitrogen and oxygen atoms in total. The average Bonchev–Trinajstić information content (AvgIpc) is 2.55. The summed E-state index contributed by atoms with van der Waals surface area (Å²) >= 11 is 12.0. The van der Waals surface area contributed by atoms with Gasteiger partial charge in [0.05, 0.1) is 11.9 Å². The number of anilines is 2. The Labute approximate surface area is 151 Å². The zero-order valence-corrected chi connectivity index (χ0v) is 14.8. The van der Waals surface area contributed by atoms with E-state index in [2.05, 4.69) is 22.2 Å². The molecular formula is C17H18Cl2N4O. The number of amides is 1. The van der Waals surface area contributed by atoms with Gasteiger partial charge in [-0.1, -0.05) is 23.2 Å². The van der Waals surface area contributed by atoms with Crippen LogP contribution in [0, 0.1) is 0 Å². The van der Waals surface area contributed by atoms with Crippen LogP contribution in [0.4, 0.5) is 11.4 Å². The average molecular weight is 365 g/mol. The summed E-state index contributed by atoms with van der Waals surface area (Å²) in [7, 11) is 2.06. The Morgan fingerprint density at radius 1 is 1.04 bits per heavy atom. The molecule has 3 rings (SSSR count). The number of rotatable bonds is 3. The number of benzene rings is 1. The number of carbonyl (C=O) groups excluding carboxylic acids is 1. The van der Waals surface area contributed by atoms with Crippen molar-refractivity contribution < 1.29 is 4.79 Å². The number of pyridine rings is 1. The van der Waals surface area contributed by atoms with E-state index in [4.69, 9.17) is 23.2 Å². The van der Waals surface area contributed by atoms with E-state index in [1.54, 1.807) is 30.5 Å². The molecule has 0 unspecified atom stereocenters. The Morgan fingerprint density at radius 3 is 2.29 bits per heavy atom. The van der Waals surface area contributed by atoms with E-state index in [-0.39, 0.29) is 5.91 Å². The normalized spacial score (nSPS) is 15.4. The van der Waals surface area contributed by atoms with Crippen molar-refractivity contribution in [1.82, 2.24) is 14.8 Å². The summed E-state index contributed by atoms with van der Waals surface area (Å²) < 4.78 is 0. The zero-order valence-electron chi connectivity index (χ0n) is 13.3. The smallest absolute Gasteiger partial charge is 0.272 e. The first-order valence-electron chi connectivity index (χ1n) is 7.68. The van der Waals surface area contributed by atoms with Crippen molar-refractivity contribution in [3.05, 3.63) is 52.3 Å². The molecule has 7 heteroatoms. The monoisotopic (exact) mass is 364 g/mol. The molecule has 24 heavy (non-hydrogen) atoms. The molecule has 0 radical (unpaired) electrons. The Hall–Kier alpha value is -1.82. The van der Waals surface area contributed by atoms with Crippen LogP contribution >= 0.6 is 23.2 Å². The van der Waals surface area contributed by atoms with Gasteiger partial charge in [-0.3, -0.25) is 4.79 Å². The maximum atomic E-state index is 12.5. The zero-order chi connectivity index (χ0) is 17.1. The molecule has 1 saturated heterocycles. The molecule has 1 aliphatic heterocycles. The number of nitrogens with zero attached hydrogens (tertiary/aromatic N) is 3. The quantitative estimate of drug-likeness (QED) is 0.904. The molecule has 1 aromatic carbocycles. The highest BCUT2D eigenvalue weighted by Gasteiger charge is 2.21. The second-order valence-corrected chi connectivity index (χ2v) is 6.68. The molecule has 0 spiro atoms. The van der Waals surface area contributed by atoms with Crippen LogP contribution in [-0.2, 0) is 0 Å². The largest absolute Gasteiger partial charge is 0.354 e. The van der Waals surface area contributed by atoms with Gasteiger partial charge >= 0.3 is 0 Å². The lowest BCUT2D eigenvalue weighted by Crippen LogP contribution is -2.47. The predicted octanol–water partition coefficient (Wildman–Crippen LogP) is 3.52. The molecule has 1 aromatic heterocycles. The van der Waals surface area contributed by atoms with Gasteiger partial charge in [-0.2, -0.15) is 0 Å². The summed E-state index contributed by atoms with van der Waals surface area (Å²) in [4.78, 5) is 20.8. The highest BCUT2D eigenvalue weighted by Crippen LogP contribution is 2.25. The topological polar surface area (TPSA) is 48.5 Å². The Kier molecular flexibility index (Phi) is 5.23. The van der Waals surface area contributed by atoms with Crippen LogP contribution in [0.3, 0.4) is 0 Å². The molecule has 0 aliphatic carbocycles. The highest BCUT2D eigenvalue weighted by atomic mass is 35.5. The molecular weight excluding hydrogens is 347 g/mol. The summed E-state index contributed by atoms with van der Waals surface area (Å²) in [5.74, 6) is -0.0274. The van der Waals surface area contributed by atoms with Crippen molar-refractivity contribution >= 4 is 40.5 Å². The third-order valence-electron chi connectivity index (χ3n) is 3.92. The van der Waals surface area contributed by atoms with Gasteiger partial charge in [0.25, 0.3) is 5.91 Å². The fraction of sp³-hybridized carbons (Fsp3) is 0.294. The second-order valence-electron chi connectivity index (χ2n) is 5.81. The van der Waals surface area contributed by atoms with Crippen LogP contribution in [0.15, 0.2) is 36.5 Å². The molecule has 0 saturated carbocycles. The number of hydrogen-bond donors (Lipinski definition) is 1. The lowest BCUT2D eigenvalue weighted by molar-refractivity contribution is 0.0658. The summed E-state index contributed by atoms with van der Waals surface area (Å²) in [6.45, 7) is 3.25. The number of likely N-dealkylation sites (N-methyl/N-ethyl adjacent to an activating group) is 1. The van der Waals surface area contributed by atoms with Crippen LogP contribution in [-0.4, -0.2) is 53.9 Å². The molecule has 0 bridgehead atoms. The van der Waals surface area contributed by atoms with Crippen molar-refractivity contribution in [2.45, 2.75) is 0 Å². The van der Waals surface area contributed by atoms with E-state index in [0.29, 0.717) is 15.7 Å². The van der Waals surface area contributed by atoms with Gasteiger partial charge in [0.2, 0.25) is 0 Å². The molecule has 1 fully saturated rings. The molecule has 1 amide bonds. The number of aromatic nitrogens is 1. The van der Waals surface area contributed by atoms with Crippen LogP contribution in [0.1, 0.15) is 10.5 Å². The van der Waals surface area contributed by atoms with Gasteiger partial charge < -0.3 is 15.1 Å². The lowest BCUT2D eigenvalue weighted by atomic mass is 10.2. The molecule has 2 heterocycles. The molecule has 1 N–H and O–H groups in total. The van der Waals surface area contributed by atoms with Gasteiger partial charge in [0, 0.05) is 41.9 Å². The van der Waals surface area contributed by atoms with Crippen LogP contribution in [0.2, 0.25) is 10.0 Å². The first-order valence-corrected chi connectivity index (χ1v) is 8.44. The standard InChI is InChI=1S/C17H18Cl2N4O/c1-22-4-6-23(7-5-22)17(24)16-3-2-14(11-20-16)21-15-9-12(18)8-13(19)10-15/h2-3,8-11,21H,4-7H2,1H3. The lowest BCUT2D eigenvalue weighted by Gasteiger charge is -2.32. The van der Waals surface area contributed by atoms with Crippen molar-refractivity contribution in [3.8, 4) is 0 Å². The minimum absolute atomic E-state index is 0.0274. The fourth-order valence-corrected chi connectivity index (χ4v) is 3.08. The SMILES string of the molecule is CN1CCN(C(=O)c2ccc(Nc3cc(Cl)cc(Cl)c3)cn2)CC1. The van der Waals surface area contributed by atoms with E-state index >= 15 is 0 Å². The maximum Gasteiger partial charge on any atom is 0.272 e. The van der Waals surface area contributed by atoms with Gasteiger partial charge in [0.15, 0.2) is 0 Å². The second kappa shape index (κ2) is 7.38. The van der Waals surface area contributed by atoms with E-state index in [0.717, 1.165) is 37.6 Å². The minimum atomic E-state index is -0.0274. The van der Waals surface area contributed by atoms with Gasteiger partial charge in [-0.15, -0.1) is 0 Å². The van der Waals surface area contributed by atoms with Crippen LogP contribution < -0.4 is 5.32 Å². The number of hydrogen-bond acceptors (Lipinski definition) is 4. The molecule has 0 atom stereocenters. The third-order valence-corrected chi connectivity index (χ3v) is 4.36. The minimum Gasteiger partial charge on any atom is -0.354 e. The third kappa shape index (κ3) is 4.17. The summed E-state index contributed by atoms with van der Waals surface area (Å²) in [6, 6.07) is 8.78. The number of piperazine rings is 1. The summed E-state index contributed by atoms with van der Waals surface area (Å²) in [6.07, 6.45) is 1.64. The fourth-order valence-electron chi connectivity index (χ4n) is 2.56. The summed E-state index contributed by atoms with van der Waals surface area (Å²) in [5, 5.41) is 4.28. The van der Waals surface area contributed by atoms with Gasteiger partial charge in [-0.25, -0.2) is 4.98 Å². The maximum absolute atomic E-state index is 12.5. The first-order chi connectivity index (χ1) is 11.5. The molecule has 1 aliphatic rings. The van der Waals surface area contributed by atoms with Crippen LogP contribution in [0.25, 0.3) is 0 Å². The number of nitrogens with one attached hydrogen (secondary N) is 1. The van der Waals surface area contributed by atoms with Crippen molar-refractivity contribution in [2.24, 2.45) is 0 Å². The van der Waals surface area contributed by atoms with E-state index in [1.807, 2.05) is 11.0 Å². The molecule has 126 valence electrons. The predicted molar refractivity (Wildman–Crippen MR) is 97.4 cm³/mol. The number of carbonyl (C=O) groups is 1. The van der Waals surface area contributed by atoms with Crippen molar-refractivity contribution in [2.75, 3.05) is 38.5 Å². The van der Waals surface area contributed by atoms with Gasteiger partial charge in [0.1, 0.15) is 5.69 Å². The first kappa shape index (κ1) is 17.0. The van der Waals surface area contributed by atoms with Crippen molar-refractivity contribution in [3.63, 3.8) is 0 Å². The van der Waals surface area contributed by atoms with Crippen molar-refractivity contribution in [1.29, 1.82) is 0 Å². The highest BCUT2D eigenvalue weighted by molar-refractivity contribution is 6.35. The van der Waals surface area contributed by atoms with Gasteiger partial charge in [-0.05, 0) is 37.4 Å². The Balaban J connectivity index is 1.67. The van der Waals surface area contributed by atoms with E-state index in [1.165, 1.54) is 0 Å². The van der Waals surface area contributed by atoms with E-state index < -0.39 is 0 Å².